The summed E-state index contributed by atoms with van der Waals surface area (Å²) in [6.07, 6.45) is 9.70. The van der Waals surface area contributed by atoms with E-state index >= 15 is 0 Å². The Morgan fingerprint density at radius 2 is 2.08 bits per heavy atom. The zero-order valence-corrected chi connectivity index (χ0v) is 13.6. The second-order valence-electron chi connectivity index (χ2n) is 6.01. The summed E-state index contributed by atoms with van der Waals surface area (Å²) in [5.41, 5.74) is 5.93. The summed E-state index contributed by atoms with van der Waals surface area (Å²) in [4.78, 5) is 15.4. The van der Waals surface area contributed by atoms with Crippen LogP contribution in [0.1, 0.15) is 18.7 Å². The van der Waals surface area contributed by atoms with E-state index in [-0.39, 0.29) is 5.95 Å². The van der Waals surface area contributed by atoms with Crippen LogP contribution < -0.4 is 10.6 Å². The van der Waals surface area contributed by atoms with Crippen LogP contribution in [0.5, 0.6) is 0 Å². The number of nitrogen functional groups attached to an aromatic ring is 1. The normalized spacial score (nSPS) is 17.5. The van der Waals surface area contributed by atoms with Crippen molar-refractivity contribution in [2.75, 3.05) is 17.2 Å². The molecule has 8 heteroatoms. The fourth-order valence-electron chi connectivity index (χ4n) is 3.26. The van der Waals surface area contributed by atoms with Crippen molar-refractivity contribution in [3.05, 3.63) is 42.7 Å². The number of aryl methyl sites for hydroxylation is 1. The summed E-state index contributed by atoms with van der Waals surface area (Å²) in [5, 5.41) is 4.23. The molecular weight excluding hydrogens is 304 g/mol. The van der Waals surface area contributed by atoms with E-state index in [0.717, 1.165) is 37.6 Å². The van der Waals surface area contributed by atoms with Crippen LogP contribution >= 0.6 is 0 Å². The lowest BCUT2D eigenvalue weighted by atomic mass is 10.2. The van der Waals surface area contributed by atoms with E-state index in [2.05, 4.69) is 29.5 Å². The van der Waals surface area contributed by atoms with Crippen LogP contribution in [0, 0.1) is 6.92 Å². The Hall–Kier alpha value is -2.90. The van der Waals surface area contributed by atoms with Gasteiger partial charge in [0.15, 0.2) is 5.82 Å². The number of anilines is 2. The molecule has 0 amide bonds. The minimum absolute atomic E-state index is 0.266. The third kappa shape index (κ3) is 2.70. The van der Waals surface area contributed by atoms with E-state index in [1.807, 2.05) is 37.6 Å². The van der Waals surface area contributed by atoms with Gasteiger partial charge in [-0.3, -0.25) is 0 Å². The van der Waals surface area contributed by atoms with Crippen molar-refractivity contribution in [1.82, 2.24) is 29.3 Å². The highest BCUT2D eigenvalue weighted by Crippen LogP contribution is 2.26. The highest BCUT2D eigenvalue weighted by molar-refractivity contribution is 5.49. The van der Waals surface area contributed by atoms with E-state index in [9.17, 15) is 0 Å². The molecule has 0 saturated carbocycles. The number of hydrogen-bond donors (Lipinski definition) is 1. The van der Waals surface area contributed by atoms with Crippen molar-refractivity contribution in [3.63, 3.8) is 0 Å². The summed E-state index contributed by atoms with van der Waals surface area (Å²) in [5.74, 6) is 2.84. The van der Waals surface area contributed by atoms with E-state index in [0.29, 0.717) is 11.9 Å². The number of rotatable bonds is 4. The van der Waals surface area contributed by atoms with Crippen molar-refractivity contribution in [3.8, 4) is 5.82 Å². The van der Waals surface area contributed by atoms with Crippen LogP contribution in [0.15, 0.2) is 36.9 Å². The molecular formula is C16H20N8. The Morgan fingerprint density at radius 1 is 1.21 bits per heavy atom. The van der Waals surface area contributed by atoms with Gasteiger partial charge in [-0.05, 0) is 25.8 Å². The Kier molecular flexibility index (Phi) is 3.64. The van der Waals surface area contributed by atoms with Crippen LogP contribution in [0.4, 0.5) is 11.8 Å². The van der Waals surface area contributed by atoms with Gasteiger partial charge < -0.3 is 15.2 Å². The van der Waals surface area contributed by atoms with Gasteiger partial charge in [0.2, 0.25) is 5.95 Å². The number of nitrogens with zero attached hydrogens (tertiary/aromatic N) is 7. The van der Waals surface area contributed by atoms with Gasteiger partial charge in [-0.15, -0.1) is 0 Å². The molecule has 0 bridgehead atoms. The van der Waals surface area contributed by atoms with E-state index < -0.39 is 0 Å². The van der Waals surface area contributed by atoms with Gasteiger partial charge in [0.05, 0.1) is 0 Å². The molecule has 8 nitrogen and oxygen atoms in total. The summed E-state index contributed by atoms with van der Waals surface area (Å²) < 4.78 is 3.88. The zero-order chi connectivity index (χ0) is 16.5. The molecule has 1 fully saturated rings. The maximum Gasteiger partial charge on any atom is 0.224 e. The fraction of sp³-hybridized carbons (Fsp3) is 0.375. The average molecular weight is 324 g/mol. The van der Waals surface area contributed by atoms with Gasteiger partial charge in [-0.25, -0.2) is 9.67 Å². The summed E-state index contributed by atoms with van der Waals surface area (Å²) in [6.45, 7) is 3.89. The quantitative estimate of drug-likeness (QED) is 0.780. The van der Waals surface area contributed by atoms with Gasteiger partial charge in [0, 0.05) is 50.0 Å². The van der Waals surface area contributed by atoms with Crippen molar-refractivity contribution in [2.24, 2.45) is 0 Å². The summed E-state index contributed by atoms with van der Waals surface area (Å²) in [7, 11) is 0. The molecule has 1 unspecified atom stereocenters. The fourth-order valence-corrected chi connectivity index (χ4v) is 3.26. The first-order chi connectivity index (χ1) is 11.7. The lowest BCUT2D eigenvalue weighted by Gasteiger charge is -2.26. The lowest BCUT2D eigenvalue weighted by molar-refractivity contribution is 0.538. The van der Waals surface area contributed by atoms with E-state index in [4.69, 9.17) is 5.73 Å². The number of nitrogens with two attached hydrogens (primary N) is 1. The maximum absolute atomic E-state index is 5.93. The zero-order valence-electron chi connectivity index (χ0n) is 13.6. The average Bonchev–Trinajstić information content (AvgIpc) is 3.30. The van der Waals surface area contributed by atoms with Crippen LogP contribution in [0.25, 0.3) is 5.82 Å². The van der Waals surface area contributed by atoms with Crippen molar-refractivity contribution in [2.45, 2.75) is 32.4 Å². The lowest BCUT2D eigenvalue weighted by Crippen LogP contribution is -2.34. The molecule has 1 aliphatic heterocycles. The molecule has 4 heterocycles. The first-order valence-electron chi connectivity index (χ1n) is 8.09. The molecule has 3 aromatic rings. The molecule has 124 valence electrons. The van der Waals surface area contributed by atoms with Gasteiger partial charge in [-0.1, -0.05) is 0 Å². The first kappa shape index (κ1) is 14.7. The van der Waals surface area contributed by atoms with Crippen molar-refractivity contribution >= 4 is 11.8 Å². The Balaban J connectivity index is 1.63. The van der Waals surface area contributed by atoms with Crippen LogP contribution in [0.2, 0.25) is 0 Å². The van der Waals surface area contributed by atoms with Crippen molar-refractivity contribution < 1.29 is 0 Å². The number of aromatic nitrogens is 6. The minimum atomic E-state index is 0.266. The SMILES string of the molecule is Cc1nccn1CC1CCCN1c1cc(-n2cccn2)nc(N)n1. The molecule has 1 saturated heterocycles. The number of imidazole rings is 1. The van der Waals surface area contributed by atoms with Crippen LogP contribution in [-0.2, 0) is 6.54 Å². The third-order valence-electron chi connectivity index (χ3n) is 4.46. The van der Waals surface area contributed by atoms with Gasteiger partial charge in [-0.2, -0.15) is 15.1 Å². The Labute approximate surface area is 140 Å². The molecule has 0 radical (unpaired) electrons. The largest absolute Gasteiger partial charge is 0.368 e. The van der Waals surface area contributed by atoms with Gasteiger partial charge in [0.1, 0.15) is 11.6 Å². The summed E-state index contributed by atoms with van der Waals surface area (Å²) in [6, 6.07) is 4.18. The summed E-state index contributed by atoms with van der Waals surface area (Å²) >= 11 is 0. The van der Waals surface area contributed by atoms with Gasteiger partial charge >= 0.3 is 0 Å². The monoisotopic (exact) mass is 324 g/mol. The molecule has 24 heavy (non-hydrogen) atoms. The maximum atomic E-state index is 5.93. The second kappa shape index (κ2) is 5.95. The number of hydrogen-bond acceptors (Lipinski definition) is 6. The second-order valence-corrected chi connectivity index (χ2v) is 6.01. The smallest absolute Gasteiger partial charge is 0.224 e. The molecule has 1 atom stereocenters. The first-order valence-corrected chi connectivity index (χ1v) is 8.09. The minimum Gasteiger partial charge on any atom is -0.368 e. The molecule has 1 aliphatic rings. The topological polar surface area (TPSA) is 90.7 Å². The van der Waals surface area contributed by atoms with Crippen molar-refractivity contribution in [1.29, 1.82) is 0 Å². The highest BCUT2D eigenvalue weighted by Gasteiger charge is 2.27. The van der Waals surface area contributed by atoms with Gasteiger partial charge in [0.25, 0.3) is 0 Å². The van der Waals surface area contributed by atoms with E-state index in [1.54, 1.807) is 10.9 Å². The molecule has 0 aromatic carbocycles. The molecule has 3 aromatic heterocycles. The molecule has 0 spiro atoms. The highest BCUT2D eigenvalue weighted by atomic mass is 15.3. The third-order valence-corrected chi connectivity index (χ3v) is 4.46. The van der Waals surface area contributed by atoms with Crippen LogP contribution in [0.3, 0.4) is 0 Å². The predicted molar refractivity (Wildman–Crippen MR) is 90.9 cm³/mol. The Morgan fingerprint density at radius 3 is 2.83 bits per heavy atom. The van der Waals surface area contributed by atoms with Crippen LogP contribution in [-0.4, -0.2) is 41.9 Å². The predicted octanol–water partition coefficient (Wildman–Crippen LogP) is 1.42. The molecule has 4 rings (SSSR count). The Bertz CT molecular complexity index is 822. The standard InChI is InChI=1S/C16H20N8/c1-12-18-6-9-22(12)11-13-4-2-7-23(13)14-10-15(21-16(17)20-14)24-8-3-5-19-24/h3,5-6,8-10,13H,2,4,7,11H2,1H3,(H2,17,20,21). The van der Waals surface area contributed by atoms with E-state index in [1.165, 1.54) is 0 Å². The molecule has 0 aliphatic carbocycles. The molecule has 2 N–H and O–H groups in total.